The Morgan fingerprint density at radius 3 is 2.50 bits per heavy atom. The zero-order valence-electron chi connectivity index (χ0n) is 19.9. The summed E-state index contributed by atoms with van der Waals surface area (Å²) in [5.41, 5.74) is 0.0489. The van der Waals surface area contributed by atoms with E-state index in [-0.39, 0.29) is 16.8 Å². The van der Waals surface area contributed by atoms with Gasteiger partial charge in [0.15, 0.2) is 5.78 Å². The average molecular weight is 419 g/mol. The maximum absolute atomic E-state index is 13.5. The number of ether oxygens (including phenoxy) is 2. The van der Waals surface area contributed by atoms with Crippen LogP contribution in [0.1, 0.15) is 77.2 Å². The summed E-state index contributed by atoms with van der Waals surface area (Å²) in [5.74, 6) is 0.653. The van der Waals surface area contributed by atoms with Crippen LogP contribution in [-0.4, -0.2) is 60.7 Å². The number of Topliss-reactive ketones (excluding diaryl/α,β-unsaturated/α-hetero) is 1. The first-order chi connectivity index (χ1) is 14.2. The van der Waals surface area contributed by atoms with Crippen molar-refractivity contribution in [2.45, 2.75) is 78.4 Å². The van der Waals surface area contributed by atoms with E-state index >= 15 is 0 Å². The highest BCUT2D eigenvalue weighted by molar-refractivity contribution is 5.99. The highest BCUT2D eigenvalue weighted by Gasteiger charge is 2.51. The second-order valence-corrected chi connectivity index (χ2v) is 9.73. The molecule has 0 radical (unpaired) electrons. The first-order valence-electron chi connectivity index (χ1n) is 11.6. The second-order valence-electron chi connectivity index (χ2n) is 9.73. The van der Waals surface area contributed by atoms with E-state index in [9.17, 15) is 4.79 Å². The SMILES string of the molecule is CCCOC(C)C.CN1CCC(C2(C(=O)c3ccccn3)CCOC(C)(C)C2)CC1. The largest absolute Gasteiger partial charge is 0.379 e. The molecular weight excluding hydrogens is 376 g/mol. The number of hydrogen-bond donors (Lipinski definition) is 0. The molecule has 5 nitrogen and oxygen atoms in total. The monoisotopic (exact) mass is 418 g/mol. The van der Waals surface area contributed by atoms with Gasteiger partial charge in [0, 0.05) is 24.8 Å². The molecule has 1 atom stereocenters. The topological polar surface area (TPSA) is 51.7 Å². The zero-order chi connectivity index (χ0) is 22.2. The van der Waals surface area contributed by atoms with Crippen molar-refractivity contribution in [3.8, 4) is 0 Å². The van der Waals surface area contributed by atoms with Crippen molar-refractivity contribution in [1.29, 1.82) is 0 Å². The van der Waals surface area contributed by atoms with Crippen LogP contribution < -0.4 is 0 Å². The number of aromatic nitrogens is 1. The lowest BCUT2D eigenvalue weighted by Gasteiger charge is -2.49. The van der Waals surface area contributed by atoms with E-state index in [4.69, 9.17) is 9.47 Å². The number of piperidine rings is 1. The van der Waals surface area contributed by atoms with Gasteiger partial charge < -0.3 is 14.4 Å². The number of ketones is 1. The van der Waals surface area contributed by atoms with Crippen molar-refractivity contribution in [1.82, 2.24) is 9.88 Å². The lowest BCUT2D eigenvalue weighted by Crippen LogP contribution is -2.52. The van der Waals surface area contributed by atoms with E-state index in [1.54, 1.807) is 6.20 Å². The van der Waals surface area contributed by atoms with Gasteiger partial charge in [-0.25, -0.2) is 0 Å². The molecule has 0 bridgehead atoms. The van der Waals surface area contributed by atoms with Crippen LogP contribution in [-0.2, 0) is 9.47 Å². The molecule has 0 aliphatic carbocycles. The first kappa shape index (κ1) is 25.0. The number of rotatable bonds is 6. The van der Waals surface area contributed by atoms with Gasteiger partial charge in [-0.2, -0.15) is 0 Å². The number of pyridine rings is 1. The number of carbonyl (C=O) groups excluding carboxylic acids is 1. The summed E-state index contributed by atoms with van der Waals surface area (Å²) in [7, 11) is 2.16. The second kappa shape index (κ2) is 11.4. The minimum absolute atomic E-state index is 0.226. The van der Waals surface area contributed by atoms with Gasteiger partial charge in [-0.05, 0) is 98.0 Å². The molecule has 30 heavy (non-hydrogen) atoms. The number of nitrogens with zero attached hydrogens (tertiary/aromatic N) is 2. The van der Waals surface area contributed by atoms with E-state index in [0.29, 0.717) is 24.3 Å². The molecule has 0 aromatic carbocycles. The fourth-order valence-electron chi connectivity index (χ4n) is 4.80. The molecule has 2 saturated heterocycles. The summed E-state index contributed by atoms with van der Waals surface area (Å²) in [6, 6.07) is 5.64. The highest BCUT2D eigenvalue weighted by atomic mass is 16.5. The Morgan fingerprint density at radius 1 is 1.30 bits per heavy atom. The van der Waals surface area contributed by atoms with Gasteiger partial charge in [0.25, 0.3) is 0 Å². The smallest absolute Gasteiger partial charge is 0.187 e. The van der Waals surface area contributed by atoms with Gasteiger partial charge in [-0.1, -0.05) is 13.0 Å². The fourth-order valence-corrected chi connectivity index (χ4v) is 4.80. The summed E-state index contributed by atoms with van der Waals surface area (Å²) in [5, 5.41) is 0. The highest BCUT2D eigenvalue weighted by Crippen LogP contribution is 2.49. The fraction of sp³-hybridized carbons (Fsp3) is 0.760. The van der Waals surface area contributed by atoms with E-state index < -0.39 is 0 Å². The van der Waals surface area contributed by atoms with Gasteiger partial charge >= 0.3 is 0 Å². The lowest BCUT2D eigenvalue weighted by atomic mass is 9.60. The molecule has 3 rings (SSSR count). The van der Waals surface area contributed by atoms with Crippen LogP contribution in [0.3, 0.4) is 0 Å². The summed E-state index contributed by atoms with van der Waals surface area (Å²) in [4.78, 5) is 20.2. The summed E-state index contributed by atoms with van der Waals surface area (Å²) >= 11 is 0. The van der Waals surface area contributed by atoms with Crippen molar-refractivity contribution in [3.63, 3.8) is 0 Å². The Balaban J connectivity index is 0.000000396. The van der Waals surface area contributed by atoms with Gasteiger partial charge in [0.05, 0.1) is 11.7 Å². The Hall–Kier alpha value is -1.30. The van der Waals surface area contributed by atoms with Crippen LogP contribution in [0.15, 0.2) is 24.4 Å². The van der Waals surface area contributed by atoms with Gasteiger partial charge in [-0.15, -0.1) is 0 Å². The quantitative estimate of drug-likeness (QED) is 0.608. The van der Waals surface area contributed by atoms with E-state index in [2.05, 4.69) is 51.6 Å². The van der Waals surface area contributed by atoms with Gasteiger partial charge in [0.2, 0.25) is 0 Å². The molecule has 0 N–H and O–H groups in total. The number of likely N-dealkylation sites (tertiary alicyclic amines) is 1. The Kier molecular flexibility index (Phi) is 9.45. The third-order valence-corrected chi connectivity index (χ3v) is 6.29. The molecular formula is C25H42N2O3. The normalized spacial score (nSPS) is 24.9. The molecule has 0 spiro atoms. The van der Waals surface area contributed by atoms with Crippen molar-refractivity contribution in [2.75, 3.05) is 33.4 Å². The number of hydrogen-bond acceptors (Lipinski definition) is 5. The van der Waals surface area contributed by atoms with Gasteiger partial charge in [-0.3, -0.25) is 9.78 Å². The minimum atomic E-state index is -0.322. The van der Waals surface area contributed by atoms with Crippen LogP contribution in [0.2, 0.25) is 0 Å². The summed E-state index contributed by atoms with van der Waals surface area (Å²) in [6.07, 6.45) is 7.04. The third kappa shape index (κ3) is 6.86. The van der Waals surface area contributed by atoms with E-state index in [1.165, 1.54) is 0 Å². The van der Waals surface area contributed by atoms with Crippen LogP contribution >= 0.6 is 0 Å². The average Bonchev–Trinajstić information content (AvgIpc) is 2.72. The molecule has 3 heterocycles. The molecule has 1 aromatic heterocycles. The van der Waals surface area contributed by atoms with Crippen LogP contribution in [0, 0.1) is 11.3 Å². The maximum Gasteiger partial charge on any atom is 0.187 e. The minimum Gasteiger partial charge on any atom is -0.379 e. The van der Waals surface area contributed by atoms with Crippen LogP contribution in [0.4, 0.5) is 0 Å². The molecule has 170 valence electrons. The lowest BCUT2D eigenvalue weighted by molar-refractivity contribution is -0.113. The van der Waals surface area contributed by atoms with Crippen molar-refractivity contribution >= 4 is 5.78 Å². The Labute approximate surface area is 183 Å². The predicted octanol–water partition coefficient (Wildman–Crippen LogP) is 5.00. The van der Waals surface area contributed by atoms with Crippen LogP contribution in [0.25, 0.3) is 0 Å². The van der Waals surface area contributed by atoms with Gasteiger partial charge in [0.1, 0.15) is 5.69 Å². The molecule has 2 fully saturated rings. The van der Waals surface area contributed by atoms with Crippen molar-refractivity contribution in [3.05, 3.63) is 30.1 Å². The molecule has 0 amide bonds. The predicted molar refractivity (Wildman–Crippen MR) is 122 cm³/mol. The standard InChI is InChI=1S/C19H28N2O2.C6H14O/c1-18(2)14-19(9-13-23-18,15-7-11-21(3)12-8-15)17(22)16-6-4-5-10-20-16;1-4-5-7-6(2)3/h4-6,10,15H,7-9,11-14H2,1-3H3;6H,4-5H2,1-3H3. The third-order valence-electron chi connectivity index (χ3n) is 6.29. The molecule has 1 aromatic rings. The van der Waals surface area contributed by atoms with Crippen molar-refractivity contribution < 1.29 is 14.3 Å². The Morgan fingerprint density at radius 2 is 2.00 bits per heavy atom. The molecule has 1 unspecified atom stereocenters. The molecule has 5 heteroatoms. The molecule has 0 saturated carbocycles. The van der Waals surface area contributed by atoms with E-state index in [0.717, 1.165) is 51.8 Å². The summed E-state index contributed by atoms with van der Waals surface area (Å²) < 4.78 is 11.1. The molecule has 2 aliphatic rings. The van der Waals surface area contributed by atoms with Crippen LogP contribution in [0.5, 0.6) is 0 Å². The maximum atomic E-state index is 13.5. The Bertz CT molecular complexity index is 639. The molecule has 2 aliphatic heterocycles. The van der Waals surface area contributed by atoms with Crippen molar-refractivity contribution in [2.24, 2.45) is 11.3 Å². The first-order valence-corrected chi connectivity index (χ1v) is 11.6. The number of carbonyl (C=O) groups is 1. The zero-order valence-corrected chi connectivity index (χ0v) is 19.9. The summed E-state index contributed by atoms with van der Waals surface area (Å²) in [6.45, 7) is 14.2. The van der Waals surface area contributed by atoms with E-state index in [1.807, 2.05) is 18.2 Å².